The minimum absolute atomic E-state index is 0.00267. The summed E-state index contributed by atoms with van der Waals surface area (Å²) < 4.78 is 81.9. The van der Waals surface area contributed by atoms with Crippen LogP contribution in [-0.4, -0.2) is 51.8 Å². The SMILES string of the molecule is O=C1CCC(N2Cc3c(ccc(C4(O)CCN(Cc5ccc(C(F)(F)F)cc5)CC4)c3C(F)(F)F)C2=O)C(=O)N1. The van der Waals surface area contributed by atoms with Crippen LogP contribution in [0.15, 0.2) is 36.4 Å². The molecule has 7 nitrogen and oxygen atoms in total. The van der Waals surface area contributed by atoms with Crippen LogP contribution in [-0.2, 0) is 40.6 Å². The van der Waals surface area contributed by atoms with Crippen molar-refractivity contribution in [3.05, 3.63) is 69.8 Å². The summed E-state index contributed by atoms with van der Waals surface area (Å²) >= 11 is 0. The van der Waals surface area contributed by atoms with Crippen molar-refractivity contribution in [2.24, 2.45) is 0 Å². The van der Waals surface area contributed by atoms with Crippen molar-refractivity contribution in [1.29, 1.82) is 0 Å². The van der Waals surface area contributed by atoms with Crippen molar-refractivity contribution in [3.8, 4) is 0 Å². The lowest BCUT2D eigenvalue weighted by molar-refractivity contribution is -0.142. The lowest BCUT2D eigenvalue weighted by Gasteiger charge is -2.40. The molecule has 13 heteroatoms. The van der Waals surface area contributed by atoms with Gasteiger partial charge in [0.2, 0.25) is 11.8 Å². The van der Waals surface area contributed by atoms with Gasteiger partial charge in [-0.3, -0.25) is 24.6 Å². The summed E-state index contributed by atoms with van der Waals surface area (Å²) in [6.45, 7) is 0.152. The zero-order valence-electron chi connectivity index (χ0n) is 21.0. The van der Waals surface area contributed by atoms with E-state index in [1.54, 1.807) is 0 Å². The minimum atomic E-state index is -4.91. The van der Waals surface area contributed by atoms with Crippen molar-refractivity contribution in [2.45, 2.75) is 62.8 Å². The molecule has 1 unspecified atom stereocenters. The Bertz CT molecular complexity index is 1350. The predicted octanol–water partition coefficient (Wildman–Crippen LogP) is 3.97. The molecule has 3 heterocycles. The Kier molecular flexibility index (Phi) is 6.94. The van der Waals surface area contributed by atoms with Gasteiger partial charge < -0.3 is 10.0 Å². The van der Waals surface area contributed by atoms with Gasteiger partial charge in [-0.1, -0.05) is 18.2 Å². The van der Waals surface area contributed by atoms with E-state index in [1.807, 2.05) is 4.90 Å². The van der Waals surface area contributed by atoms with Gasteiger partial charge in [-0.25, -0.2) is 0 Å². The first-order chi connectivity index (χ1) is 18.7. The fourth-order valence-electron chi connectivity index (χ4n) is 5.76. The largest absolute Gasteiger partial charge is 0.417 e. The normalized spacial score (nSPS) is 21.9. The molecule has 0 bridgehead atoms. The molecule has 5 rings (SSSR count). The number of likely N-dealkylation sites (tertiary alicyclic amines) is 1. The van der Waals surface area contributed by atoms with Gasteiger partial charge in [0.05, 0.1) is 16.7 Å². The van der Waals surface area contributed by atoms with E-state index in [-0.39, 0.29) is 62.0 Å². The molecule has 0 spiro atoms. The first-order valence-corrected chi connectivity index (χ1v) is 12.7. The zero-order chi connectivity index (χ0) is 29.0. The summed E-state index contributed by atoms with van der Waals surface area (Å²) in [5.41, 5.74) is -4.03. The summed E-state index contributed by atoms with van der Waals surface area (Å²) in [6.07, 6.45) is -9.56. The Morgan fingerprint density at radius 3 is 2.15 bits per heavy atom. The van der Waals surface area contributed by atoms with E-state index in [2.05, 4.69) is 5.32 Å². The summed E-state index contributed by atoms with van der Waals surface area (Å²) in [6, 6.07) is 5.89. The van der Waals surface area contributed by atoms with Crippen LogP contribution in [0.2, 0.25) is 0 Å². The standard InChI is InChI=1S/C27H25F6N3O4/c28-26(29,30)16-3-1-15(2-4-16)13-35-11-9-25(40,10-12-35)19-6-5-17-18(22(19)27(31,32)33)14-36(24(17)39)20-7-8-21(37)34-23(20)38/h1-6,20,40H,7-14H2,(H,34,37,38). The third kappa shape index (κ3) is 5.19. The van der Waals surface area contributed by atoms with Crippen LogP contribution in [0.5, 0.6) is 0 Å². The van der Waals surface area contributed by atoms with E-state index < -0.39 is 59.4 Å². The average Bonchev–Trinajstić information content (AvgIpc) is 3.20. The Hall–Kier alpha value is -3.45. The van der Waals surface area contributed by atoms with E-state index in [1.165, 1.54) is 18.2 Å². The van der Waals surface area contributed by atoms with Gasteiger partial charge in [0.15, 0.2) is 0 Å². The first kappa shape index (κ1) is 28.1. The second-order valence-electron chi connectivity index (χ2n) is 10.4. The maximum atomic E-state index is 14.5. The van der Waals surface area contributed by atoms with Gasteiger partial charge in [-0.15, -0.1) is 0 Å². The number of nitrogens with zero attached hydrogens (tertiary/aromatic N) is 2. The molecule has 40 heavy (non-hydrogen) atoms. The van der Waals surface area contributed by atoms with Crippen molar-refractivity contribution in [1.82, 2.24) is 15.1 Å². The minimum Gasteiger partial charge on any atom is -0.385 e. The van der Waals surface area contributed by atoms with Crippen LogP contribution in [0.4, 0.5) is 26.3 Å². The highest BCUT2D eigenvalue weighted by Gasteiger charge is 2.48. The van der Waals surface area contributed by atoms with Crippen LogP contribution in [0.1, 0.15) is 63.9 Å². The molecule has 214 valence electrons. The number of hydrogen-bond acceptors (Lipinski definition) is 5. The lowest BCUT2D eigenvalue weighted by Crippen LogP contribution is -2.52. The fourth-order valence-corrected chi connectivity index (χ4v) is 5.76. The van der Waals surface area contributed by atoms with E-state index >= 15 is 0 Å². The molecule has 2 aromatic carbocycles. The van der Waals surface area contributed by atoms with Crippen LogP contribution in [0, 0.1) is 0 Å². The quantitative estimate of drug-likeness (QED) is 0.430. The number of carbonyl (C=O) groups excluding carboxylic acids is 3. The third-order valence-corrected chi connectivity index (χ3v) is 7.87. The number of nitrogens with one attached hydrogen (secondary N) is 1. The van der Waals surface area contributed by atoms with Crippen molar-refractivity contribution >= 4 is 17.7 Å². The molecule has 1 atom stereocenters. The number of fused-ring (bicyclic) bond motifs is 1. The Labute approximate surface area is 224 Å². The highest BCUT2D eigenvalue weighted by atomic mass is 19.4. The molecular formula is C27H25F6N3O4. The number of alkyl halides is 6. The van der Waals surface area contributed by atoms with Crippen molar-refractivity contribution < 1.29 is 45.8 Å². The second kappa shape index (κ2) is 9.88. The maximum Gasteiger partial charge on any atom is 0.417 e. The van der Waals surface area contributed by atoms with E-state index in [0.29, 0.717) is 5.56 Å². The van der Waals surface area contributed by atoms with E-state index in [9.17, 15) is 45.8 Å². The molecule has 3 aliphatic heterocycles. The smallest absolute Gasteiger partial charge is 0.385 e. The number of piperidine rings is 2. The number of amides is 3. The maximum absolute atomic E-state index is 14.5. The molecule has 2 N–H and O–H groups in total. The zero-order valence-corrected chi connectivity index (χ0v) is 21.0. The van der Waals surface area contributed by atoms with Gasteiger partial charge in [-0.2, -0.15) is 26.3 Å². The summed E-state index contributed by atoms with van der Waals surface area (Å²) in [5.74, 6) is -2.01. The highest BCUT2D eigenvalue weighted by Crippen LogP contribution is 2.46. The summed E-state index contributed by atoms with van der Waals surface area (Å²) in [4.78, 5) is 39.7. The molecule has 0 saturated carbocycles. The van der Waals surface area contributed by atoms with Gasteiger partial charge in [-0.05, 0) is 54.2 Å². The monoisotopic (exact) mass is 569 g/mol. The molecule has 2 aromatic rings. The molecule has 2 fully saturated rings. The molecule has 0 aliphatic carbocycles. The number of hydrogen-bond donors (Lipinski definition) is 2. The molecule has 3 aliphatic rings. The summed E-state index contributed by atoms with van der Waals surface area (Å²) in [5, 5.41) is 13.5. The third-order valence-electron chi connectivity index (χ3n) is 7.87. The number of halogens is 6. The van der Waals surface area contributed by atoms with E-state index in [0.717, 1.165) is 23.1 Å². The average molecular weight is 570 g/mol. The molecule has 3 amide bonds. The Balaban J connectivity index is 1.36. The van der Waals surface area contributed by atoms with Gasteiger partial charge in [0.25, 0.3) is 5.91 Å². The first-order valence-electron chi connectivity index (χ1n) is 12.7. The van der Waals surface area contributed by atoms with Crippen molar-refractivity contribution in [3.63, 3.8) is 0 Å². The molecule has 0 aromatic heterocycles. The van der Waals surface area contributed by atoms with Crippen LogP contribution < -0.4 is 5.32 Å². The topological polar surface area (TPSA) is 90.0 Å². The Morgan fingerprint density at radius 1 is 0.925 bits per heavy atom. The number of rotatable bonds is 4. The molecule has 0 radical (unpaired) electrons. The van der Waals surface area contributed by atoms with Gasteiger partial charge >= 0.3 is 12.4 Å². The number of aliphatic hydroxyl groups is 1. The number of benzene rings is 2. The molecular weight excluding hydrogens is 544 g/mol. The van der Waals surface area contributed by atoms with Gasteiger partial charge in [0, 0.05) is 38.2 Å². The van der Waals surface area contributed by atoms with Crippen LogP contribution in [0.25, 0.3) is 0 Å². The fraction of sp³-hybridized carbons (Fsp3) is 0.444. The van der Waals surface area contributed by atoms with Gasteiger partial charge in [0.1, 0.15) is 6.04 Å². The highest BCUT2D eigenvalue weighted by molar-refractivity contribution is 6.05. The van der Waals surface area contributed by atoms with Crippen molar-refractivity contribution in [2.75, 3.05) is 13.1 Å². The lowest BCUT2D eigenvalue weighted by atomic mass is 9.79. The Morgan fingerprint density at radius 2 is 1.57 bits per heavy atom. The van der Waals surface area contributed by atoms with Crippen LogP contribution >= 0.6 is 0 Å². The number of imide groups is 1. The number of carbonyl (C=O) groups is 3. The summed E-state index contributed by atoms with van der Waals surface area (Å²) in [7, 11) is 0. The van der Waals surface area contributed by atoms with E-state index in [4.69, 9.17) is 0 Å². The predicted molar refractivity (Wildman–Crippen MR) is 127 cm³/mol. The molecule has 2 saturated heterocycles. The van der Waals surface area contributed by atoms with Crippen LogP contribution in [0.3, 0.4) is 0 Å². The second-order valence-corrected chi connectivity index (χ2v) is 10.4.